The van der Waals surface area contributed by atoms with Crippen LogP contribution in [0.1, 0.15) is 31.9 Å². The number of allylic oxidation sites excluding steroid dienone is 1. The van der Waals surface area contributed by atoms with E-state index in [0.717, 1.165) is 22.6 Å². The monoisotopic (exact) mass is 444 g/mol. The van der Waals surface area contributed by atoms with Gasteiger partial charge in [-0.05, 0) is 57.8 Å². The van der Waals surface area contributed by atoms with Crippen LogP contribution in [0, 0.1) is 14.9 Å². The number of hydrogen-bond acceptors (Lipinski definition) is 3. The summed E-state index contributed by atoms with van der Waals surface area (Å²) in [5.74, 6) is 0.0952. The van der Waals surface area contributed by atoms with Crippen molar-refractivity contribution in [3.8, 4) is 0 Å². The number of halogens is 1. The van der Waals surface area contributed by atoms with Gasteiger partial charge in [0.05, 0.1) is 23.3 Å². The highest BCUT2D eigenvalue weighted by atomic mass is 127. The van der Waals surface area contributed by atoms with Gasteiger partial charge in [0, 0.05) is 15.7 Å². The SMILES string of the molecule is CC1(C)C=C2Nc3ccccc3NC(c3cccc(I)c3)C2C(=O)C1. The Morgan fingerprint density at radius 2 is 1.84 bits per heavy atom. The van der Waals surface area contributed by atoms with Crippen molar-refractivity contribution in [3.63, 3.8) is 0 Å². The number of ketones is 1. The molecule has 0 amide bonds. The van der Waals surface area contributed by atoms with Crippen molar-refractivity contribution in [2.75, 3.05) is 10.6 Å². The lowest BCUT2D eigenvalue weighted by molar-refractivity contribution is -0.124. The summed E-state index contributed by atoms with van der Waals surface area (Å²) in [6.45, 7) is 4.25. The first-order valence-corrected chi connectivity index (χ1v) is 9.64. The van der Waals surface area contributed by atoms with E-state index in [1.54, 1.807) is 0 Å². The first-order chi connectivity index (χ1) is 11.9. The summed E-state index contributed by atoms with van der Waals surface area (Å²) in [6.07, 6.45) is 2.81. The molecule has 0 spiro atoms. The molecule has 2 unspecified atom stereocenters. The van der Waals surface area contributed by atoms with E-state index < -0.39 is 0 Å². The van der Waals surface area contributed by atoms with E-state index in [9.17, 15) is 4.79 Å². The maximum absolute atomic E-state index is 13.1. The normalized spacial score (nSPS) is 24.1. The summed E-state index contributed by atoms with van der Waals surface area (Å²) in [5, 5.41) is 7.17. The van der Waals surface area contributed by atoms with Gasteiger partial charge in [-0.3, -0.25) is 4.79 Å². The molecule has 128 valence electrons. The second kappa shape index (κ2) is 6.16. The third-order valence-corrected chi connectivity index (χ3v) is 5.59. The van der Waals surface area contributed by atoms with Gasteiger partial charge in [-0.25, -0.2) is 0 Å². The van der Waals surface area contributed by atoms with Crippen LogP contribution in [0.4, 0.5) is 11.4 Å². The minimum Gasteiger partial charge on any atom is -0.375 e. The minimum atomic E-state index is -0.196. The maximum Gasteiger partial charge on any atom is 0.145 e. The fourth-order valence-electron chi connectivity index (χ4n) is 3.87. The quantitative estimate of drug-likeness (QED) is 0.582. The van der Waals surface area contributed by atoms with E-state index in [2.05, 4.69) is 89.5 Å². The number of rotatable bonds is 1. The van der Waals surface area contributed by atoms with Gasteiger partial charge in [0.15, 0.2) is 0 Å². The van der Waals surface area contributed by atoms with Crippen LogP contribution in [0.5, 0.6) is 0 Å². The van der Waals surface area contributed by atoms with E-state index in [1.807, 2.05) is 12.1 Å². The zero-order valence-corrected chi connectivity index (χ0v) is 16.5. The Labute approximate surface area is 162 Å². The molecule has 25 heavy (non-hydrogen) atoms. The largest absolute Gasteiger partial charge is 0.375 e. The van der Waals surface area contributed by atoms with Gasteiger partial charge in [-0.2, -0.15) is 0 Å². The van der Waals surface area contributed by atoms with Crippen molar-refractivity contribution >= 4 is 39.7 Å². The molecule has 2 N–H and O–H groups in total. The molecule has 1 heterocycles. The number of Topliss-reactive ketones (excluding diaryl/α,β-unsaturated/α-hetero) is 1. The Morgan fingerprint density at radius 1 is 1.08 bits per heavy atom. The Kier molecular flexibility index (Phi) is 4.10. The van der Waals surface area contributed by atoms with Crippen LogP contribution in [0.15, 0.2) is 60.3 Å². The lowest BCUT2D eigenvalue weighted by atomic mass is 9.72. The first-order valence-electron chi connectivity index (χ1n) is 8.56. The Hall–Kier alpha value is -1.82. The summed E-state index contributed by atoms with van der Waals surface area (Å²) < 4.78 is 1.18. The first kappa shape index (κ1) is 16.6. The van der Waals surface area contributed by atoms with Gasteiger partial charge in [0.2, 0.25) is 0 Å². The number of carbonyl (C=O) groups excluding carboxylic acids is 1. The number of fused-ring (bicyclic) bond motifs is 2. The highest BCUT2D eigenvalue weighted by Crippen LogP contribution is 2.45. The maximum atomic E-state index is 13.1. The Balaban J connectivity index is 1.88. The number of nitrogens with one attached hydrogen (secondary N) is 2. The molecule has 2 atom stereocenters. The highest BCUT2D eigenvalue weighted by Gasteiger charge is 2.41. The average molecular weight is 444 g/mol. The van der Waals surface area contributed by atoms with Crippen molar-refractivity contribution in [1.29, 1.82) is 0 Å². The van der Waals surface area contributed by atoms with Crippen molar-refractivity contribution in [2.45, 2.75) is 26.3 Å². The van der Waals surface area contributed by atoms with Crippen LogP contribution in [-0.4, -0.2) is 5.78 Å². The summed E-state index contributed by atoms with van der Waals surface area (Å²) in [4.78, 5) is 13.1. The molecule has 1 aliphatic carbocycles. The second-order valence-electron chi connectivity index (χ2n) is 7.56. The fourth-order valence-corrected chi connectivity index (χ4v) is 4.44. The van der Waals surface area contributed by atoms with Crippen LogP contribution in [0.3, 0.4) is 0 Å². The van der Waals surface area contributed by atoms with Crippen LogP contribution < -0.4 is 10.6 Å². The molecule has 0 fully saturated rings. The Bertz CT molecular complexity index is 872. The molecule has 2 aromatic carbocycles. The third-order valence-electron chi connectivity index (χ3n) is 4.92. The van der Waals surface area contributed by atoms with Gasteiger partial charge in [-0.15, -0.1) is 0 Å². The molecular weight excluding hydrogens is 423 g/mol. The van der Waals surface area contributed by atoms with Crippen molar-refractivity contribution in [3.05, 3.63) is 69.4 Å². The molecule has 1 aliphatic heterocycles. The second-order valence-corrected chi connectivity index (χ2v) is 8.80. The number of benzene rings is 2. The predicted molar refractivity (Wildman–Crippen MR) is 111 cm³/mol. The number of carbonyl (C=O) groups is 1. The zero-order chi connectivity index (χ0) is 17.6. The predicted octanol–water partition coefficient (Wildman–Crippen LogP) is 5.37. The van der Waals surface area contributed by atoms with Crippen LogP contribution in [-0.2, 0) is 4.79 Å². The molecular formula is C21H21IN2O. The van der Waals surface area contributed by atoms with E-state index in [4.69, 9.17) is 0 Å². The van der Waals surface area contributed by atoms with Gasteiger partial charge >= 0.3 is 0 Å². The highest BCUT2D eigenvalue weighted by molar-refractivity contribution is 14.1. The van der Waals surface area contributed by atoms with Crippen LogP contribution in [0.2, 0.25) is 0 Å². The van der Waals surface area contributed by atoms with Gasteiger partial charge < -0.3 is 10.6 Å². The number of anilines is 2. The molecule has 3 nitrogen and oxygen atoms in total. The molecule has 4 heteroatoms. The Morgan fingerprint density at radius 3 is 2.60 bits per heavy atom. The van der Waals surface area contributed by atoms with Crippen molar-refractivity contribution < 1.29 is 4.79 Å². The van der Waals surface area contributed by atoms with Crippen molar-refractivity contribution in [2.24, 2.45) is 11.3 Å². The summed E-state index contributed by atoms with van der Waals surface area (Å²) >= 11 is 2.33. The average Bonchev–Trinajstić information content (AvgIpc) is 2.70. The van der Waals surface area contributed by atoms with Crippen LogP contribution in [0.25, 0.3) is 0 Å². The van der Waals surface area contributed by atoms with Gasteiger partial charge in [-0.1, -0.05) is 44.2 Å². The number of para-hydroxylation sites is 2. The lowest BCUT2D eigenvalue weighted by Crippen LogP contribution is -2.36. The third kappa shape index (κ3) is 3.19. The van der Waals surface area contributed by atoms with E-state index in [0.29, 0.717) is 12.2 Å². The van der Waals surface area contributed by atoms with Crippen molar-refractivity contribution in [1.82, 2.24) is 0 Å². The standard InChI is InChI=1S/C21H21IN2O/c1-21(2)11-17-19(18(25)12-21)20(13-6-5-7-14(22)10-13)24-16-9-4-3-8-15(16)23-17/h3-11,19-20,23-24H,12H2,1-2H3. The molecule has 0 bridgehead atoms. The molecule has 2 aromatic rings. The van der Waals surface area contributed by atoms with Gasteiger partial charge in [0.25, 0.3) is 0 Å². The molecule has 2 aliphatic rings. The molecule has 0 aromatic heterocycles. The topological polar surface area (TPSA) is 41.1 Å². The lowest BCUT2D eigenvalue weighted by Gasteiger charge is -2.35. The summed E-state index contributed by atoms with van der Waals surface area (Å²) in [6, 6.07) is 16.5. The summed E-state index contributed by atoms with van der Waals surface area (Å²) in [5.41, 5.74) is 4.10. The van der Waals surface area contributed by atoms with E-state index >= 15 is 0 Å². The minimum absolute atomic E-state index is 0.0688. The molecule has 0 radical (unpaired) electrons. The molecule has 0 saturated carbocycles. The zero-order valence-electron chi connectivity index (χ0n) is 14.3. The number of hydrogen-bond donors (Lipinski definition) is 2. The van der Waals surface area contributed by atoms with Gasteiger partial charge in [0.1, 0.15) is 5.78 Å². The summed E-state index contributed by atoms with van der Waals surface area (Å²) in [7, 11) is 0. The van der Waals surface area contributed by atoms with E-state index in [-0.39, 0.29) is 17.4 Å². The molecule has 0 saturated heterocycles. The molecule has 4 rings (SSSR count). The van der Waals surface area contributed by atoms with Crippen LogP contribution >= 0.6 is 22.6 Å². The smallest absolute Gasteiger partial charge is 0.145 e. The fraction of sp³-hybridized carbons (Fsp3) is 0.286. The van der Waals surface area contributed by atoms with E-state index in [1.165, 1.54) is 3.57 Å².